The number of halogens is 1. The van der Waals surface area contributed by atoms with Crippen molar-refractivity contribution in [3.05, 3.63) is 59.0 Å². The second-order valence-electron chi connectivity index (χ2n) is 4.28. The zero-order valence-electron chi connectivity index (χ0n) is 10.8. The maximum Gasteiger partial charge on any atom is 0.248 e. The van der Waals surface area contributed by atoms with Gasteiger partial charge in [0.1, 0.15) is 10.7 Å². The van der Waals surface area contributed by atoms with Crippen molar-refractivity contribution in [2.75, 3.05) is 0 Å². The van der Waals surface area contributed by atoms with Crippen LogP contribution in [0.3, 0.4) is 0 Å². The molecule has 0 amide bonds. The van der Waals surface area contributed by atoms with E-state index >= 15 is 0 Å². The Kier molecular flexibility index (Phi) is 3.81. The summed E-state index contributed by atoms with van der Waals surface area (Å²) in [6.45, 7) is 0. The van der Waals surface area contributed by atoms with Gasteiger partial charge in [-0.1, -0.05) is 42.5 Å². The van der Waals surface area contributed by atoms with Crippen molar-refractivity contribution in [1.82, 2.24) is 9.97 Å². The Balaban J connectivity index is 2.07. The standard InChI is InChI=1S/C15H10BrN3OS/c16-12-10-4-2-1-3-9(10)5-6-11(12)20-15-13(14(17)21)18-7-8-19-15/h1-8H,(H2,17,21). The minimum atomic E-state index is 0.148. The lowest BCUT2D eigenvalue weighted by Gasteiger charge is -2.11. The second kappa shape index (κ2) is 5.75. The smallest absolute Gasteiger partial charge is 0.248 e. The van der Waals surface area contributed by atoms with Crippen LogP contribution in [0.25, 0.3) is 10.8 Å². The fourth-order valence-electron chi connectivity index (χ4n) is 1.97. The molecule has 1 aromatic heterocycles. The zero-order chi connectivity index (χ0) is 14.8. The highest BCUT2D eigenvalue weighted by molar-refractivity contribution is 9.10. The molecule has 0 saturated heterocycles. The van der Waals surface area contributed by atoms with E-state index in [1.54, 1.807) is 0 Å². The molecule has 0 bridgehead atoms. The van der Waals surface area contributed by atoms with Crippen LogP contribution in [0.15, 0.2) is 53.3 Å². The summed E-state index contributed by atoms with van der Waals surface area (Å²) in [5.41, 5.74) is 6.00. The van der Waals surface area contributed by atoms with Crippen molar-refractivity contribution < 1.29 is 4.74 Å². The Labute approximate surface area is 135 Å². The van der Waals surface area contributed by atoms with Crippen molar-refractivity contribution in [1.29, 1.82) is 0 Å². The van der Waals surface area contributed by atoms with Gasteiger partial charge in [-0.05, 0) is 32.8 Å². The van der Waals surface area contributed by atoms with Crippen LogP contribution < -0.4 is 10.5 Å². The summed E-state index contributed by atoms with van der Waals surface area (Å²) in [5.74, 6) is 0.924. The van der Waals surface area contributed by atoms with Gasteiger partial charge in [-0.3, -0.25) is 0 Å². The van der Waals surface area contributed by atoms with Crippen LogP contribution in [-0.4, -0.2) is 15.0 Å². The summed E-state index contributed by atoms with van der Waals surface area (Å²) >= 11 is 8.52. The number of hydrogen-bond acceptors (Lipinski definition) is 4. The third kappa shape index (κ3) is 2.72. The van der Waals surface area contributed by atoms with Crippen molar-refractivity contribution in [2.24, 2.45) is 5.73 Å². The average Bonchev–Trinajstić information content (AvgIpc) is 2.51. The Hall–Kier alpha value is -2.05. The molecule has 0 atom stereocenters. The molecule has 0 aliphatic carbocycles. The number of thiocarbonyl (C=S) groups is 1. The Morgan fingerprint density at radius 3 is 2.67 bits per heavy atom. The quantitative estimate of drug-likeness (QED) is 0.720. The van der Waals surface area contributed by atoms with Gasteiger partial charge in [-0.25, -0.2) is 9.97 Å². The molecular formula is C15H10BrN3OS. The summed E-state index contributed by atoms with van der Waals surface area (Å²) in [6.07, 6.45) is 3.06. The van der Waals surface area contributed by atoms with Crippen molar-refractivity contribution in [2.45, 2.75) is 0 Å². The van der Waals surface area contributed by atoms with Crippen LogP contribution >= 0.6 is 28.1 Å². The predicted molar refractivity (Wildman–Crippen MR) is 89.6 cm³/mol. The number of rotatable bonds is 3. The maximum absolute atomic E-state index is 5.82. The van der Waals surface area contributed by atoms with Crippen molar-refractivity contribution in [3.63, 3.8) is 0 Å². The van der Waals surface area contributed by atoms with E-state index in [0.29, 0.717) is 17.3 Å². The fraction of sp³-hybridized carbons (Fsp3) is 0. The molecule has 0 saturated carbocycles. The summed E-state index contributed by atoms with van der Waals surface area (Å²) < 4.78 is 6.67. The van der Waals surface area contributed by atoms with E-state index in [4.69, 9.17) is 22.7 Å². The van der Waals surface area contributed by atoms with Gasteiger partial charge in [0.25, 0.3) is 0 Å². The van der Waals surface area contributed by atoms with Gasteiger partial charge in [0.05, 0.1) is 4.47 Å². The molecule has 0 radical (unpaired) electrons. The summed E-state index contributed by atoms with van der Waals surface area (Å²) in [6, 6.07) is 11.9. The zero-order valence-corrected chi connectivity index (χ0v) is 13.2. The minimum absolute atomic E-state index is 0.148. The molecule has 0 fully saturated rings. The number of nitrogens with zero attached hydrogens (tertiary/aromatic N) is 2. The average molecular weight is 360 g/mol. The molecule has 3 rings (SSSR count). The number of hydrogen-bond donors (Lipinski definition) is 1. The van der Waals surface area contributed by atoms with Crippen LogP contribution in [0.4, 0.5) is 0 Å². The van der Waals surface area contributed by atoms with E-state index in [0.717, 1.165) is 15.2 Å². The van der Waals surface area contributed by atoms with Gasteiger partial charge < -0.3 is 10.5 Å². The Bertz CT molecular complexity index is 838. The summed E-state index contributed by atoms with van der Waals surface area (Å²) in [7, 11) is 0. The summed E-state index contributed by atoms with van der Waals surface area (Å²) in [5, 5.41) is 2.17. The number of fused-ring (bicyclic) bond motifs is 1. The molecule has 0 aliphatic rings. The first-order valence-electron chi connectivity index (χ1n) is 6.13. The first kappa shape index (κ1) is 13.9. The highest BCUT2D eigenvalue weighted by atomic mass is 79.9. The van der Waals surface area contributed by atoms with E-state index in [-0.39, 0.29) is 4.99 Å². The molecule has 0 unspecified atom stereocenters. The third-order valence-corrected chi connectivity index (χ3v) is 3.94. The number of aromatic nitrogens is 2. The number of ether oxygens (including phenoxy) is 1. The lowest BCUT2D eigenvalue weighted by molar-refractivity contribution is 0.457. The highest BCUT2D eigenvalue weighted by Crippen LogP contribution is 2.35. The Morgan fingerprint density at radius 2 is 1.86 bits per heavy atom. The monoisotopic (exact) mass is 359 g/mol. The molecule has 0 aliphatic heterocycles. The largest absolute Gasteiger partial charge is 0.436 e. The molecule has 104 valence electrons. The van der Waals surface area contributed by atoms with Crippen molar-refractivity contribution in [3.8, 4) is 11.6 Å². The molecule has 21 heavy (non-hydrogen) atoms. The second-order valence-corrected chi connectivity index (χ2v) is 5.51. The molecule has 3 aromatic rings. The van der Waals surface area contributed by atoms with Gasteiger partial charge in [-0.2, -0.15) is 0 Å². The van der Waals surface area contributed by atoms with Crippen molar-refractivity contribution >= 4 is 43.9 Å². The van der Waals surface area contributed by atoms with E-state index in [2.05, 4.69) is 25.9 Å². The first-order valence-corrected chi connectivity index (χ1v) is 7.33. The topological polar surface area (TPSA) is 61.0 Å². The third-order valence-electron chi connectivity index (χ3n) is 2.93. The molecule has 1 heterocycles. The highest BCUT2D eigenvalue weighted by Gasteiger charge is 2.13. The SMILES string of the molecule is NC(=S)c1nccnc1Oc1ccc2ccccc2c1Br. The number of benzene rings is 2. The van der Waals surface area contributed by atoms with Crippen LogP contribution in [0.5, 0.6) is 11.6 Å². The molecule has 2 aromatic carbocycles. The van der Waals surface area contributed by atoms with E-state index < -0.39 is 0 Å². The van der Waals surface area contributed by atoms with E-state index in [1.807, 2.05) is 36.4 Å². The van der Waals surface area contributed by atoms with Gasteiger partial charge >= 0.3 is 0 Å². The van der Waals surface area contributed by atoms with E-state index in [1.165, 1.54) is 12.4 Å². The predicted octanol–water partition coefficient (Wildman–Crippen LogP) is 3.82. The van der Waals surface area contributed by atoms with Crippen LogP contribution in [0, 0.1) is 0 Å². The molecule has 4 nitrogen and oxygen atoms in total. The van der Waals surface area contributed by atoms with E-state index in [9.17, 15) is 0 Å². The molecular weight excluding hydrogens is 350 g/mol. The fourth-order valence-corrected chi connectivity index (χ4v) is 2.68. The van der Waals surface area contributed by atoms with Gasteiger partial charge in [0.2, 0.25) is 5.88 Å². The van der Waals surface area contributed by atoms with Crippen LogP contribution in [0.2, 0.25) is 0 Å². The molecule has 0 spiro atoms. The molecule has 6 heteroatoms. The normalized spacial score (nSPS) is 10.5. The Morgan fingerprint density at radius 1 is 1.10 bits per heavy atom. The molecule has 2 N–H and O–H groups in total. The van der Waals surface area contributed by atoms with Gasteiger partial charge in [0, 0.05) is 12.4 Å². The number of nitrogens with two attached hydrogens (primary N) is 1. The minimum Gasteiger partial charge on any atom is -0.436 e. The van der Waals surface area contributed by atoms with Gasteiger partial charge in [0.15, 0.2) is 5.69 Å². The van der Waals surface area contributed by atoms with Gasteiger partial charge in [-0.15, -0.1) is 0 Å². The first-order chi connectivity index (χ1) is 10.2. The summed E-state index contributed by atoms with van der Waals surface area (Å²) in [4.78, 5) is 8.39. The van der Waals surface area contributed by atoms with Crippen LogP contribution in [-0.2, 0) is 0 Å². The lowest BCUT2D eigenvalue weighted by Crippen LogP contribution is -2.13. The lowest BCUT2D eigenvalue weighted by atomic mass is 10.1. The maximum atomic E-state index is 5.82. The van der Waals surface area contributed by atoms with Crippen LogP contribution in [0.1, 0.15) is 5.69 Å².